The number of hydrogen-bond donors (Lipinski definition) is 2. The number of halogens is 1. The molecule has 27 heavy (non-hydrogen) atoms. The van der Waals surface area contributed by atoms with Crippen LogP contribution in [0.5, 0.6) is 0 Å². The summed E-state index contributed by atoms with van der Waals surface area (Å²) in [5.74, 6) is 0.825. The quantitative estimate of drug-likeness (QED) is 0.358. The number of nitrogens with one attached hydrogen (secondary N) is 2. The van der Waals surface area contributed by atoms with Crippen molar-refractivity contribution in [1.29, 1.82) is 0 Å². The van der Waals surface area contributed by atoms with Crippen molar-refractivity contribution < 1.29 is 0 Å². The Bertz CT molecular complexity index is 694. The van der Waals surface area contributed by atoms with Crippen LogP contribution in [-0.2, 0) is 18.5 Å². The first-order valence-electron chi connectivity index (χ1n) is 9.13. The van der Waals surface area contributed by atoms with Crippen molar-refractivity contribution in [1.82, 2.24) is 15.5 Å². The molecule has 2 N–H and O–H groups in total. The molecule has 0 amide bonds. The van der Waals surface area contributed by atoms with E-state index in [9.17, 15) is 0 Å². The van der Waals surface area contributed by atoms with Crippen LogP contribution in [-0.4, -0.2) is 38.5 Å². The maximum absolute atomic E-state index is 4.34. The van der Waals surface area contributed by atoms with E-state index in [1.54, 1.807) is 0 Å². The predicted molar refractivity (Wildman–Crippen MR) is 127 cm³/mol. The van der Waals surface area contributed by atoms with E-state index >= 15 is 0 Å². The van der Waals surface area contributed by atoms with E-state index in [2.05, 4.69) is 103 Å². The molecule has 0 radical (unpaired) electrons. The minimum absolute atomic E-state index is 0. The topological polar surface area (TPSA) is 39.7 Å². The maximum atomic E-state index is 4.34. The predicted octanol–water partition coefficient (Wildman–Crippen LogP) is 4.01. The highest BCUT2D eigenvalue weighted by Gasteiger charge is 2.20. The number of aliphatic imine (C=N–C) groups is 1. The molecule has 2 aromatic carbocycles. The molecule has 0 unspecified atom stereocenters. The fraction of sp³-hybridized carbons (Fsp3) is 0.409. The van der Waals surface area contributed by atoms with E-state index in [0.717, 1.165) is 25.6 Å². The number of guanidine groups is 1. The summed E-state index contributed by atoms with van der Waals surface area (Å²) in [6, 6.07) is 19.3. The molecule has 4 nitrogen and oxygen atoms in total. The Morgan fingerprint density at radius 2 is 1.52 bits per heavy atom. The zero-order valence-electron chi connectivity index (χ0n) is 17.1. The molecule has 0 spiro atoms. The van der Waals surface area contributed by atoms with Crippen LogP contribution in [0.2, 0.25) is 0 Å². The van der Waals surface area contributed by atoms with E-state index in [1.165, 1.54) is 16.7 Å². The third-order valence-electron chi connectivity index (χ3n) is 4.46. The largest absolute Gasteiger partial charge is 0.356 e. The Hall–Kier alpha value is -1.60. The molecule has 0 aromatic heterocycles. The number of rotatable bonds is 7. The van der Waals surface area contributed by atoms with E-state index in [0.29, 0.717) is 0 Å². The van der Waals surface area contributed by atoms with E-state index < -0.39 is 0 Å². The van der Waals surface area contributed by atoms with Gasteiger partial charge in [-0.05, 0) is 30.8 Å². The lowest BCUT2D eigenvalue weighted by Crippen LogP contribution is -2.43. The van der Waals surface area contributed by atoms with Gasteiger partial charge in [0, 0.05) is 32.1 Å². The average molecular weight is 480 g/mol. The molecule has 2 rings (SSSR count). The van der Waals surface area contributed by atoms with Gasteiger partial charge in [0.1, 0.15) is 0 Å². The van der Waals surface area contributed by atoms with Crippen LogP contribution in [0.15, 0.2) is 59.6 Å². The molecule has 0 saturated heterocycles. The van der Waals surface area contributed by atoms with Gasteiger partial charge < -0.3 is 15.5 Å². The highest BCUT2D eigenvalue weighted by molar-refractivity contribution is 14.0. The van der Waals surface area contributed by atoms with Gasteiger partial charge in [0.05, 0.1) is 0 Å². The van der Waals surface area contributed by atoms with Gasteiger partial charge in [-0.3, -0.25) is 4.99 Å². The molecule has 0 heterocycles. The second-order valence-corrected chi connectivity index (χ2v) is 7.58. The summed E-state index contributed by atoms with van der Waals surface area (Å²) in [5.41, 5.74) is 3.93. The van der Waals surface area contributed by atoms with E-state index in [1.807, 2.05) is 7.05 Å². The summed E-state index contributed by atoms with van der Waals surface area (Å²) in [6.07, 6.45) is 0. The summed E-state index contributed by atoms with van der Waals surface area (Å²) in [7, 11) is 5.98. The zero-order valence-corrected chi connectivity index (χ0v) is 19.5. The van der Waals surface area contributed by atoms with Crippen LogP contribution in [0.4, 0.5) is 0 Å². The standard InChI is InChI=1S/C22H32N4.HI/c1-22(2,20-9-7-6-8-10-20)17-25-21(23-3)24-15-18-11-13-19(14-12-18)16-26(4)5;/h6-14H,15-17H2,1-5H3,(H2,23,24,25);1H. The first kappa shape index (κ1) is 23.4. The van der Waals surface area contributed by atoms with Gasteiger partial charge in [-0.2, -0.15) is 0 Å². The van der Waals surface area contributed by atoms with Crippen LogP contribution in [0.25, 0.3) is 0 Å². The van der Waals surface area contributed by atoms with Crippen molar-refractivity contribution in [2.45, 2.75) is 32.4 Å². The summed E-state index contributed by atoms with van der Waals surface area (Å²) in [4.78, 5) is 6.52. The highest BCUT2D eigenvalue weighted by atomic mass is 127. The molecule has 0 aliphatic rings. The SMILES string of the molecule is CN=C(NCc1ccc(CN(C)C)cc1)NCC(C)(C)c1ccccc1.I. The smallest absolute Gasteiger partial charge is 0.191 e. The second kappa shape index (κ2) is 11.3. The highest BCUT2D eigenvalue weighted by Crippen LogP contribution is 2.21. The molecule has 0 aliphatic carbocycles. The van der Waals surface area contributed by atoms with Crippen LogP contribution in [0.1, 0.15) is 30.5 Å². The number of benzene rings is 2. The van der Waals surface area contributed by atoms with Gasteiger partial charge in [-0.15, -0.1) is 24.0 Å². The van der Waals surface area contributed by atoms with Gasteiger partial charge in [0.15, 0.2) is 5.96 Å². The first-order valence-corrected chi connectivity index (χ1v) is 9.13. The normalized spacial score (nSPS) is 11.9. The lowest BCUT2D eigenvalue weighted by molar-refractivity contribution is 0.402. The zero-order chi connectivity index (χ0) is 19.0. The molecule has 148 valence electrons. The molecule has 0 aliphatic heterocycles. The summed E-state index contributed by atoms with van der Waals surface area (Å²) in [6.45, 7) is 7.02. The van der Waals surface area contributed by atoms with E-state index in [-0.39, 0.29) is 29.4 Å². The molecule has 0 bridgehead atoms. The number of nitrogens with zero attached hydrogens (tertiary/aromatic N) is 2. The van der Waals surface area contributed by atoms with Gasteiger partial charge in [-0.1, -0.05) is 68.4 Å². The maximum Gasteiger partial charge on any atom is 0.191 e. The van der Waals surface area contributed by atoms with Crippen molar-refractivity contribution in [2.75, 3.05) is 27.7 Å². The van der Waals surface area contributed by atoms with Gasteiger partial charge in [0.2, 0.25) is 0 Å². The molecular formula is C22H33IN4. The monoisotopic (exact) mass is 480 g/mol. The van der Waals surface area contributed by atoms with Crippen molar-refractivity contribution in [3.63, 3.8) is 0 Å². The summed E-state index contributed by atoms with van der Waals surface area (Å²) < 4.78 is 0. The van der Waals surface area contributed by atoms with Gasteiger partial charge in [0.25, 0.3) is 0 Å². The number of hydrogen-bond acceptors (Lipinski definition) is 2. The van der Waals surface area contributed by atoms with Crippen LogP contribution >= 0.6 is 24.0 Å². The second-order valence-electron chi connectivity index (χ2n) is 7.58. The molecule has 5 heteroatoms. The lowest BCUT2D eigenvalue weighted by Gasteiger charge is -2.26. The minimum Gasteiger partial charge on any atom is -0.356 e. The molecule has 0 fully saturated rings. The van der Waals surface area contributed by atoms with Crippen LogP contribution in [0.3, 0.4) is 0 Å². The summed E-state index contributed by atoms with van der Waals surface area (Å²) >= 11 is 0. The van der Waals surface area contributed by atoms with Crippen molar-refractivity contribution in [2.24, 2.45) is 4.99 Å². The Morgan fingerprint density at radius 1 is 0.926 bits per heavy atom. The van der Waals surface area contributed by atoms with Crippen LogP contribution < -0.4 is 10.6 Å². The fourth-order valence-corrected chi connectivity index (χ4v) is 2.83. The third-order valence-corrected chi connectivity index (χ3v) is 4.46. The fourth-order valence-electron chi connectivity index (χ4n) is 2.83. The summed E-state index contributed by atoms with van der Waals surface area (Å²) in [5, 5.41) is 6.85. The van der Waals surface area contributed by atoms with Crippen molar-refractivity contribution >= 4 is 29.9 Å². The van der Waals surface area contributed by atoms with Crippen LogP contribution in [0, 0.1) is 0 Å². The third kappa shape index (κ3) is 7.89. The van der Waals surface area contributed by atoms with Crippen molar-refractivity contribution in [3.05, 3.63) is 71.3 Å². The Balaban J connectivity index is 0.00000364. The lowest BCUT2D eigenvalue weighted by atomic mass is 9.85. The molecule has 0 atom stereocenters. The van der Waals surface area contributed by atoms with Gasteiger partial charge in [-0.25, -0.2) is 0 Å². The first-order chi connectivity index (χ1) is 12.4. The molecule has 0 saturated carbocycles. The van der Waals surface area contributed by atoms with Crippen molar-refractivity contribution in [3.8, 4) is 0 Å². The van der Waals surface area contributed by atoms with E-state index in [4.69, 9.17) is 0 Å². The Labute approximate surface area is 181 Å². The molecule has 2 aromatic rings. The molecular weight excluding hydrogens is 447 g/mol. The van der Waals surface area contributed by atoms with Gasteiger partial charge >= 0.3 is 0 Å². The minimum atomic E-state index is 0. The Kier molecular flexibility index (Phi) is 9.80. The average Bonchev–Trinajstić information content (AvgIpc) is 2.63. The Morgan fingerprint density at radius 3 is 2.07 bits per heavy atom.